The largest absolute Gasteiger partial charge is 0.569 e. The molecule has 46 heavy (non-hydrogen) atoms. The van der Waals surface area contributed by atoms with Gasteiger partial charge in [0.15, 0.2) is 11.7 Å². The lowest BCUT2D eigenvalue weighted by atomic mass is 10.0. The van der Waals surface area contributed by atoms with E-state index in [2.05, 4.69) is 15.2 Å². The van der Waals surface area contributed by atoms with E-state index in [9.17, 15) is 36.4 Å². The zero-order valence-electron chi connectivity index (χ0n) is 26.0. The fraction of sp³-hybridized carbons (Fsp3) is 0.414. The van der Waals surface area contributed by atoms with E-state index < -0.39 is 52.5 Å². The van der Waals surface area contributed by atoms with Crippen LogP contribution >= 0.6 is 0 Å². The van der Waals surface area contributed by atoms with Gasteiger partial charge < -0.3 is 14.8 Å². The highest BCUT2D eigenvalue weighted by molar-refractivity contribution is 7.90. The first kappa shape index (κ1) is 35.8. The number of aryl methyl sites for hydroxylation is 1. The summed E-state index contributed by atoms with van der Waals surface area (Å²) >= 11 is 0. The molecule has 2 aromatic carbocycles. The molecule has 0 saturated carbocycles. The number of hydrazine groups is 1. The number of hydrogen-bond donors (Lipinski definition) is 1. The number of carbonyl (C=O) groups excluding carboxylic acids is 2. The van der Waals surface area contributed by atoms with Crippen molar-refractivity contribution in [2.45, 2.75) is 58.2 Å². The van der Waals surface area contributed by atoms with Crippen LogP contribution in [0.15, 0.2) is 64.8 Å². The molecule has 0 saturated heterocycles. The molecule has 250 valence electrons. The molecule has 0 aliphatic rings. The second-order valence-electron chi connectivity index (χ2n) is 11.1. The van der Waals surface area contributed by atoms with Crippen LogP contribution in [0.1, 0.15) is 45.4 Å². The number of amides is 1. The first-order valence-corrected chi connectivity index (χ1v) is 15.5. The lowest BCUT2D eigenvalue weighted by Crippen LogP contribution is -2.49. The molecule has 3 aromatic rings. The van der Waals surface area contributed by atoms with E-state index in [-0.39, 0.29) is 33.6 Å². The summed E-state index contributed by atoms with van der Waals surface area (Å²) < 4.78 is 74.7. The Labute approximate surface area is 264 Å². The van der Waals surface area contributed by atoms with Crippen molar-refractivity contribution in [3.63, 3.8) is 0 Å². The van der Waals surface area contributed by atoms with Gasteiger partial charge in [-0.2, -0.15) is 18.3 Å². The van der Waals surface area contributed by atoms with Gasteiger partial charge in [0.25, 0.3) is 22.7 Å². The summed E-state index contributed by atoms with van der Waals surface area (Å²) in [6.07, 6.45) is -4.69. The van der Waals surface area contributed by atoms with Crippen molar-refractivity contribution < 1.29 is 45.7 Å². The van der Waals surface area contributed by atoms with Crippen molar-refractivity contribution >= 4 is 21.9 Å². The first-order chi connectivity index (χ1) is 21.4. The smallest absolute Gasteiger partial charge is 0.435 e. The van der Waals surface area contributed by atoms with Gasteiger partial charge in [0.2, 0.25) is 5.28 Å². The minimum absolute atomic E-state index is 0.0377. The number of hydrogen-bond acceptors (Lipinski definition) is 9. The van der Waals surface area contributed by atoms with Crippen molar-refractivity contribution in [3.8, 4) is 16.9 Å². The molecule has 0 spiro atoms. The molecule has 17 heteroatoms. The van der Waals surface area contributed by atoms with Crippen molar-refractivity contribution in [1.82, 2.24) is 19.5 Å². The molecule has 0 aliphatic carbocycles. The van der Waals surface area contributed by atoms with Crippen molar-refractivity contribution in [2.24, 2.45) is 17.1 Å². The quantitative estimate of drug-likeness (QED) is 0.0662. The number of carbonyl (C=O) groups is 2. The Morgan fingerprint density at radius 1 is 1.09 bits per heavy atom. The highest BCUT2D eigenvalue weighted by atomic mass is 32.2. The summed E-state index contributed by atoms with van der Waals surface area (Å²) in [5, 5.41) is 20.2. The van der Waals surface area contributed by atoms with Gasteiger partial charge in [0.05, 0.1) is 34.2 Å². The molecule has 1 heterocycles. The summed E-state index contributed by atoms with van der Waals surface area (Å²) in [7, 11) is -3.30. The Kier molecular flexibility index (Phi) is 11.4. The average Bonchev–Trinajstić information content (AvgIpc) is 3.44. The van der Waals surface area contributed by atoms with Gasteiger partial charge in [-0.15, -0.1) is 5.01 Å². The maximum absolute atomic E-state index is 13.6. The third-order valence-electron chi connectivity index (χ3n) is 6.54. The van der Waals surface area contributed by atoms with Gasteiger partial charge in [-0.05, 0) is 49.6 Å². The minimum Gasteiger partial charge on any atom is -0.569 e. The number of ether oxygens (including phenoxy) is 1. The Bertz CT molecular complexity index is 1660. The van der Waals surface area contributed by atoms with Crippen LogP contribution in [-0.4, -0.2) is 59.9 Å². The van der Waals surface area contributed by atoms with Gasteiger partial charge in [-0.1, -0.05) is 57.5 Å². The standard InChI is InChI=1S/C29H35F3N6O7S/c1-18(2)15-25(36(6)38(41)35-45-17-44-28(40)19(3)4)27(39)34-46(42,43)23-13-11-22(12-14-23)37-24(16-26(33-37)29(30,31)32)21-9-7-20(5)8-10-21/h7-14,16,18-19,25H,15,17H2,1-6H3,(H,34,39)/b38-35+/t25-/m0/s1. The molecule has 3 rings (SSSR count). The molecule has 1 N–H and O–H groups in total. The van der Waals surface area contributed by atoms with Crippen LogP contribution in [0.3, 0.4) is 0 Å². The van der Waals surface area contributed by atoms with E-state index in [0.29, 0.717) is 5.56 Å². The predicted molar refractivity (Wildman–Crippen MR) is 158 cm³/mol. The van der Waals surface area contributed by atoms with Crippen LogP contribution in [0.5, 0.6) is 0 Å². The van der Waals surface area contributed by atoms with E-state index in [1.807, 2.05) is 11.6 Å². The number of aromatic nitrogens is 2. The third-order valence-corrected chi connectivity index (χ3v) is 7.91. The van der Waals surface area contributed by atoms with Crippen molar-refractivity contribution in [2.75, 3.05) is 13.8 Å². The van der Waals surface area contributed by atoms with Crippen LogP contribution < -0.4 is 4.72 Å². The Balaban J connectivity index is 1.83. The van der Waals surface area contributed by atoms with Crippen LogP contribution in [0.25, 0.3) is 16.9 Å². The van der Waals surface area contributed by atoms with Gasteiger partial charge in [-0.25, -0.2) is 17.8 Å². The van der Waals surface area contributed by atoms with Gasteiger partial charge in [0, 0.05) is 5.56 Å². The number of halogens is 3. The highest BCUT2D eigenvalue weighted by Gasteiger charge is 2.36. The molecule has 0 radical (unpaired) electrons. The monoisotopic (exact) mass is 668 g/mol. The van der Waals surface area contributed by atoms with Crippen LogP contribution in [0.2, 0.25) is 0 Å². The predicted octanol–water partition coefficient (Wildman–Crippen LogP) is 4.98. The van der Waals surface area contributed by atoms with E-state index in [4.69, 9.17) is 4.74 Å². The van der Waals surface area contributed by atoms with Crippen LogP contribution in [0.4, 0.5) is 13.2 Å². The summed E-state index contributed by atoms with van der Waals surface area (Å²) in [6.45, 7) is 7.87. The van der Waals surface area contributed by atoms with Gasteiger partial charge in [0.1, 0.15) is 0 Å². The minimum atomic E-state index is -4.72. The summed E-state index contributed by atoms with van der Waals surface area (Å²) in [5.41, 5.74) is 0.494. The number of sulfonamides is 1. The molecule has 0 bridgehead atoms. The zero-order chi connectivity index (χ0) is 34.4. The van der Waals surface area contributed by atoms with Crippen molar-refractivity contribution in [1.29, 1.82) is 0 Å². The van der Waals surface area contributed by atoms with E-state index >= 15 is 0 Å². The molecule has 0 fully saturated rings. The maximum atomic E-state index is 13.6. The average molecular weight is 669 g/mol. The lowest BCUT2D eigenvalue weighted by molar-refractivity contribution is -0.711. The summed E-state index contributed by atoms with van der Waals surface area (Å²) in [4.78, 5) is 28.9. The SMILES string of the molecule is Cc1ccc(-c2cc(C(F)(F)F)nn2-c2ccc(S(=O)(=O)NC(=O)[C@H](CC(C)C)N(C)/[N+]([O-])=N\OCOC(=O)C(C)C)cc2)cc1. The van der Waals surface area contributed by atoms with Crippen LogP contribution in [-0.2, 0) is 35.4 Å². The van der Waals surface area contributed by atoms with E-state index in [1.54, 1.807) is 52.0 Å². The van der Waals surface area contributed by atoms with Gasteiger partial charge in [-0.3, -0.25) is 9.59 Å². The number of nitrogens with zero attached hydrogens (tertiary/aromatic N) is 5. The fourth-order valence-electron chi connectivity index (χ4n) is 4.05. The molecular formula is C29H35F3N6O7S. The van der Waals surface area contributed by atoms with E-state index in [0.717, 1.165) is 33.5 Å². The second-order valence-corrected chi connectivity index (χ2v) is 12.8. The first-order valence-electron chi connectivity index (χ1n) is 14.0. The molecule has 0 unspecified atom stereocenters. The third kappa shape index (κ3) is 9.18. The maximum Gasteiger partial charge on any atom is 0.435 e. The Hall–Kier alpha value is -4.67. The molecule has 0 aliphatic heterocycles. The summed E-state index contributed by atoms with van der Waals surface area (Å²) in [5.74, 6) is -2.24. The number of rotatable bonds is 13. The lowest BCUT2D eigenvalue weighted by Gasteiger charge is -2.24. The molecule has 1 aromatic heterocycles. The number of esters is 1. The van der Waals surface area contributed by atoms with Crippen LogP contribution in [0, 0.1) is 24.0 Å². The number of alkyl halides is 3. The number of benzene rings is 2. The molecule has 1 atom stereocenters. The Morgan fingerprint density at radius 3 is 2.24 bits per heavy atom. The second kappa shape index (κ2) is 14.6. The topological polar surface area (TPSA) is 158 Å². The number of nitrogens with one attached hydrogen (secondary N) is 1. The highest BCUT2D eigenvalue weighted by Crippen LogP contribution is 2.33. The van der Waals surface area contributed by atoms with E-state index in [1.165, 1.54) is 19.2 Å². The summed E-state index contributed by atoms with van der Waals surface area (Å²) in [6, 6.07) is 11.1. The Morgan fingerprint density at radius 2 is 1.70 bits per heavy atom. The van der Waals surface area contributed by atoms with Crippen molar-refractivity contribution in [3.05, 3.63) is 71.1 Å². The molecule has 13 nitrogen and oxygen atoms in total. The number of likely N-dealkylation sites (N-methyl/N-ethyl adjacent to an activating group) is 1. The normalized spacial score (nSPS) is 13.1. The van der Waals surface area contributed by atoms with Gasteiger partial charge >= 0.3 is 12.1 Å². The molecular weight excluding hydrogens is 633 g/mol. The zero-order valence-corrected chi connectivity index (χ0v) is 26.8. The fourth-order valence-corrected chi connectivity index (χ4v) is 5.06. The molecule has 1 amide bonds.